The first-order valence-electron chi connectivity index (χ1n) is 7.52. The minimum absolute atomic E-state index is 0.00710. The Bertz CT molecular complexity index is 879. The van der Waals surface area contributed by atoms with Crippen LogP contribution in [0, 0.1) is 6.92 Å². The molecule has 0 atom stereocenters. The van der Waals surface area contributed by atoms with Crippen LogP contribution in [0.3, 0.4) is 0 Å². The molecule has 0 unspecified atom stereocenters. The van der Waals surface area contributed by atoms with Gasteiger partial charge in [0.1, 0.15) is 0 Å². The Morgan fingerprint density at radius 3 is 2.67 bits per heavy atom. The van der Waals surface area contributed by atoms with Gasteiger partial charge in [0.15, 0.2) is 11.6 Å². The number of hydrogen-bond donors (Lipinski definition) is 2. The second-order valence-electron chi connectivity index (χ2n) is 5.37. The summed E-state index contributed by atoms with van der Waals surface area (Å²) in [5.41, 5.74) is 3.43. The highest BCUT2D eigenvalue weighted by atomic mass is 16.1. The van der Waals surface area contributed by atoms with E-state index in [2.05, 4.69) is 25.8 Å². The molecule has 0 aliphatic rings. The van der Waals surface area contributed by atoms with Crippen molar-refractivity contribution in [3.05, 3.63) is 65.9 Å². The second-order valence-corrected chi connectivity index (χ2v) is 5.37. The summed E-state index contributed by atoms with van der Waals surface area (Å²) >= 11 is 0. The minimum atomic E-state index is 0.00710. The third-order valence-electron chi connectivity index (χ3n) is 3.49. The molecule has 6 nitrogen and oxygen atoms in total. The Morgan fingerprint density at radius 1 is 1.04 bits per heavy atom. The van der Waals surface area contributed by atoms with Crippen LogP contribution in [0.2, 0.25) is 0 Å². The van der Waals surface area contributed by atoms with Gasteiger partial charge in [-0.15, -0.1) is 5.10 Å². The van der Waals surface area contributed by atoms with E-state index in [-0.39, 0.29) is 5.78 Å². The average Bonchev–Trinajstić information content (AvgIpc) is 2.57. The van der Waals surface area contributed by atoms with E-state index >= 15 is 0 Å². The number of nitrogens with one attached hydrogen (secondary N) is 2. The van der Waals surface area contributed by atoms with Crippen LogP contribution in [0.1, 0.15) is 22.8 Å². The van der Waals surface area contributed by atoms with E-state index in [1.807, 2.05) is 43.3 Å². The number of nitrogens with zero attached hydrogens (tertiary/aromatic N) is 3. The van der Waals surface area contributed by atoms with Crippen molar-refractivity contribution in [3.8, 4) is 0 Å². The van der Waals surface area contributed by atoms with E-state index in [0.29, 0.717) is 17.3 Å². The highest BCUT2D eigenvalue weighted by Crippen LogP contribution is 2.20. The van der Waals surface area contributed by atoms with Gasteiger partial charge in [-0.25, -0.2) is 0 Å². The number of Topliss-reactive ketones (excluding diaryl/α,β-unsaturated/α-hetero) is 1. The highest BCUT2D eigenvalue weighted by molar-refractivity contribution is 5.95. The van der Waals surface area contributed by atoms with E-state index in [0.717, 1.165) is 16.9 Å². The maximum absolute atomic E-state index is 11.5. The van der Waals surface area contributed by atoms with Crippen molar-refractivity contribution in [2.45, 2.75) is 13.8 Å². The van der Waals surface area contributed by atoms with E-state index in [1.165, 1.54) is 6.92 Å². The molecule has 0 saturated carbocycles. The molecule has 3 aromatic rings. The molecule has 6 heteroatoms. The van der Waals surface area contributed by atoms with Crippen LogP contribution < -0.4 is 10.6 Å². The van der Waals surface area contributed by atoms with Gasteiger partial charge in [0, 0.05) is 16.9 Å². The summed E-state index contributed by atoms with van der Waals surface area (Å²) in [4.78, 5) is 15.9. The lowest BCUT2D eigenvalue weighted by molar-refractivity contribution is 0.101. The van der Waals surface area contributed by atoms with Crippen LogP contribution in [-0.2, 0) is 0 Å². The van der Waals surface area contributed by atoms with Crippen LogP contribution in [-0.4, -0.2) is 21.0 Å². The monoisotopic (exact) mass is 319 g/mol. The van der Waals surface area contributed by atoms with Crippen molar-refractivity contribution in [1.29, 1.82) is 0 Å². The van der Waals surface area contributed by atoms with Gasteiger partial charge in [0.05, 0.1) is 6.20 Å². The highest BCUT2D eigenvalue weighted by Gasteiger charge is 2.05. The molecule has 1 aromatic heterocycles. The number of anilines is 4. The molecule has 0 radical (unpaired) electrons. The fourth-order valence-electron chi connectivity index (χ4n) is 2.21. The summed E-state index contributed by atoms with van der Waals surface area (Å²) in [6, 6.07) is 15.1. The Labute approximate surface area is 140 Å². The third-order valence-corrected chi connectivity index (χ3v) is 3.49. The number of carbonyl (C=O) groups excluding carboxylic acids is 1. The first-order valence-corrected chi connectivity index (χ1v) is 7.52. The fraction of sp³-hybridized carbons (Fsp3) is 0.111. The summed E-state index contributed by atoms with van der Waals surface area (Å²) in [5.74, 6) is 0.950. The SMILES string of the molecule is CC(=O)c1cccc(Nc2nncc(Nc3ccccc3C)n2)c1. The van der Waals surface area contributed by atoms with Crippen LogP contribution in [0.5, 0.6) is 0 Å². The topological polar surface area (TPSA) is 79.8 Å². The Morgan fingerprint density at radius 2 is 1.88 bits per heavy atom. The number of benzene rings is 2. The number of ketones is 1. The molecule has 0 amide bonds. The summed E-state index contributed by atoms with van der Waals surface area (Å²) in [7, 11) is 0. The molecule has 120 valence electrons. The smallest absolute Gasteiger partial charge is 0.249 e. The van der Waals surface area contributed by atoms with Crippen LogP contribution in [0.15, 0.2) is 54.7 Å². The molecule has 2 N–H and O–H groups in total. The van der Waals surface area contributed by atoms with Crippen molar-refractivity contribution in [1.82, 2.24) is 15.2 Å². The number of rotatable bonds is 5. The van der Waals surface area contributed by atoms with E-state index in [1.54, 1.807) is 18.3 Å². The fourth-order valence-corrected chi connectivity index (χ4v) is 2.21. The summed E-state index contributed by atoms with van der Waals surface area (Å²) in [6.45, 7) is 3.55. The Balaban J connectivity index is 1.79. The number of aromatic nitrogens is 3. The summed E-state index contributed by atoms with van der Waals surface area (Å²) in [6.07, 6.45) is 1.56. The van der Waals surface area contributed by atoms with Crippen molar-refractivity contribution in [2.24, 2.45) is 0 Å². The molecule has 0 fully saturated rings. The zero-order chi connectivity index (χ0) is 16.9. The van der Waals surface area contributed by atoms with Crippen molar-refractivity contribution in [3.63, 3.8) is 0 Å². The van der Waals surface area contributed by atoms with E-state index in [4.69, 9.17) is 0 Å². The zero-order valence-electron chi connectivity index (χ0n) is 13.4. The molecule has 1 heterocycles. The predicted molar refractivity (Wildman–Crippen MR) is 94.0 cm³/mol. The Hall–Kier alpha value is -3.28. The van der Waals surface area contributed by atoms with E-state index in [9.17, 15) is 4.79 Å². The molecule has 0 aliphatic carbocycles. The number of aryl methyl sites for hydroxylation is 1. The van der Waals surface area contributed by atoms with Gasteiger partial charge in [0.25, 0.3) is 0 Å². The lowest BCUT2D eigenvalue weighted by atomic mass is 10.1. The van der Waals surface area contributed by atoms with Crippen LogP contribution in [0.25, 0.3) is 0 Å². The first-order chi connectivity index (χ1) is 11.6. The number of para-hydroxylation sites is 1. The molecule has 2 aromatic carbocycles. The van der Waals surface area contributed by atoms with Gasteiger partial charge in [-0.05, 0) is 37.6 Å². The molecule has 24 heavy (non-hydrogen) atoms. The maximum atomic E-state index is 11.5. The normalized spacial score (nSPS) is 10.2. The lowest BCUT2D eigenvalue weighted by Crippen LogP contribution is -2.03. The van der Waals surface area contributed by atoms with E-state index < -0.39 is 0 Å². The second kappa shape index (κ2) is 6.87. The van der Waals surface area contributed by atoms with Gasteiger partial charge < -0.3 is 10.6 Å². The van der Waals surface area contributed by atoms with Crippen LogP contribution >= 0.6 is 0 Å². The molecular formula is C18H17N5O. The first kappa shape index (κ1) is 15.6. The largest absolute Gasteiger partial charge is 0.339 e. The van der Waals surface area contributed by atoms with Crippen LogP contribution in [0.4, 0.5) is 23.1 Å². The van der Waals surface area contributed by atoms with Gasteiger partial charge in [-0.3, -0.25) is 4.79 Å². The summed E-state index contributed by atoms with van der Waals surface area (Å²) < 4.78 is 0. The average molecular weight is 319 g/mol. The van der Waals surface area contributed by atoms with Crippen molar-refractivity contribution >= 4 is 28.9 Å². The molecular weight excluding hydrogens is 302 g/mol. The molecule has 0 saturated heterocycles. The molecule has 0 aliphatic heterocycles. The quantitative estimate of drug-likeness (QED) is 0.695. The minimum Gasteiger partial charge on any atom is -0.339 e. The predicted octanol–water partition coefficient (Wildman–Crippen LogP) is 3.87. The van der Waals surface area contributed by atoms with Gasteiger partial charge >= 0.3 is 0 Å². The van der Waals surface area contributed by atoms with Crippen molar-refractivity contribution < 1.29 is 4.79 Å². The maximum Gasteiger partial charge on any atom is 0.249 e. The molecule has 3 rings (SSSR count). The third kappa shape index (κ3) is 3.73. The zero-order valence-corrected chi connectivity index (χ0v) is 13.4. The lowest BCUT2D eigenvalue weighted by Gasteiger charge is -2.10. The van der Waals surface area contributed by atoms with Gasteiger partial charge in [-0.1, -0.05) is 30.3 Å². The number of carbonyl (C=O) groups is 1. The van der Waals surface area contributed by atoms with Crippen molar-refractivity contribution in [2.75, 3.05) is 10.6 Å². The standard InChI is InChI=1S/C18H17N5O/c1-12-6-3-4-9-16(12)21-17-11-19-23-18(22-17)20-15-8-5-7-14(10-15)13(2)24/h3-11H,1-2H3,(H2,20,21,22,23). The van der Waals surface area contributed by atoms with Gasteiger partial charge in [0.2, 0.25) is 5.95 Å². The van der Waals surface area contributed by atoms with Gasteiger partial charge in [-0.2, -0.15) is 10.1 Å². The Kier molecular flexibility index (Phi) is 4.47. The molecule has 0 spiro atoms. The summed E-state index contributed by atoms with van der Waals surface area (Å²) in [5, 5.41) is 14.2. The molecule has 0 bridgehead atoms. The number of hydrogen-bond acceptors (Lipinski definition) is 6.